The smallest absolute Gasteiger partial charge is 0.221 e. The third-order valence-corrected chi connectivity index (χ3v) is 3.00. The summed E-state index contributed by atoms with van der Waals surface area (Å²) in [5.74, 6) is -0.303. The van der Waals surface area contributed by atoms with Crippen LogP contribution in [0.3, 0.4) is 0 Å². The fraction of sp³-hybridized carbons (Fsp3) is 0.923. The molecule has 0 aliphatic carbocycles. The van der Waals surface area contributed by atoms with Gasteiger partial charge in [-0.2, -0.15) is 0 Å². The molecule has 16 heavy (non-hydrogen) atoms. The number of unbranched alkanes of at least 4 members (excludes halogenated alkanes) is 2. The molecule has 0 heterocycles. The van der Waals surface area contributed by atoms with Gasteiger partial charge in [0.25, 0.3) is 0 Å². The molecular weight excluding hydrogens is 200 g/mol. The van der Waals surface area contributed by atoms with Crippen LogP contribution in [0.25, 0.3) is 0 Å². The highest BCUT2D eigenvalue weighted by molar-refractivity contribution is 5.76. The highest BCUT2D eigenvalue weighted by Gasteiger charge is 2.17. The monoisotopic (exact) mass is 228 g/mol. The van der Waals surface area contributed by atoms with Crippen molar-refractivity contribution < 1.29 is 4.79 Å². The zero-order valence-electron chi connectivity index (χ0n) is 11.3. The predicted molar refractivity (Wildman–Crippen MR) is 69.2 cm³/mol. The predicted octanol–water partition coefficient (Wildman–Crippen LogP) is 2.30. The molecule has 0 fully saturated rings. The summed E-state index contributed by atoms with van der Waals surface area (Å²) in [4.78, 5) is 10.8. The van der Waals surface area contributed by atoms with Gasteiger partial charge in [-0.25, -0.2) is 0 Å². The summed E-state index contributed by atoms with van der Waals surface area (Å²) in [6, 6.07) is 0. The molecule has 0 aromatic heterocycles. The molecule has 0 saturated heterocycles. The number of hydrogen-bond acceptors (Lipinski definition) is 2. The quantitative estimate of drug-likeness (QED) is 0.595. The number of nitrogens with two attached hydrogens (primary N) is 1. The van der Waals surface area contributed by atoms with E-state index >= 15 is 0 Å². The van der Waals surface area contributed by atoms with Gasteiger partial charge in [0.05, 0.1) is 0 Å². The Morgan fingerprint density at radius 3 is 2.50 bits per heavy atom. The van der Waals surface area contributed by atoms with Crippen LogP contribution in [0.2, 0.25) is 0 Å². The highest BCUT2D eigenvalue weighted by Crippen LogP contribution is 2.22. The molecule has 3 N–H and O–H groups in total. The molecule has 0 bridgehead atoms. The average molecular weight is 228 g/mol. The summed E-state index contributed by atoms with van der Waals surface area (Å²) in [7, 11) is 0. The van der Waals surface area contributed by atoms with Gasteiger partial charge in [-0.05, 0) is 11.8 Å². The molecule has 0 saturated carbocycles. The normalized spacial score (nSPS) is 13.8. The number of primary amides is 1. The SMILES string of the molecule is CCCCCC(C)(C)CNCC(C)C(N)=O. The second-order valence-electron chi connectivity index (χ2n) is 5.56. The first kappa shape index (κ1) is 15.4. The van der Waals surface area contributed by atoms with E-state index in [0.717, 1.165) is 6.54 Å². The summed E-state index contributed by atoms with van der Waals surface area (Å²) in [5, 5.41) is 3.33. The van der Waals surface area contributed by atoms with Crippen LogP contribution in [0.4, 0.5) is 0 Å². The van der Waals surface area contributed by atoms with Gasteiger partial charge in [0.1, 0.15) is 0 Å². The van der Waals surface area contributed by atoms with E-state index < -0.39 is 0 Å². The summed E-state index contributed by atoms with van der Waals surface area (Å²) in [5.41, 5.74) is 5.52. The zero-order valence-corrected chi connectivity index (χ0v) is 11.3. The molecule has 0 aromatic carbocycles. The van der Waals surface area contributed by atoms with Crippen LogP contribution in [0.5, 0.6) is 0 Å². The summed E-state index contributed by atoms with van der Waals surface area (Å²) < 4.78 is 0. The van der Waals surface area contributed by atoms with Gasteiger partial charge in [-0.15, -0.1) is 0 Å². The lowest BCUT2D eigenvalue weighted by atomic mass is 9.87. The van der Waals surface area contributed by atoms with Crippen molar-refractivity contribution in [1.82, 2.24) is 5.32 Å². The Labute approximate surface area is 100 Å². The minimum atomic E-state index is -0.226. The summed E-state index contributed by atoms with van der Waals surface area (Å²) in [6.07, 6.45) is 5.10. The third kappa shape index (κ3) is 7.69. The van der Waals surface area contributed by atoms with Crippen LogP contribution in [0, 0.1) is 11.3 Å². The second-order valence-corrected chi connectivity index (χ2v) is 5.56. The first-order valence-electron chi connectivity index (χ1n) is 6.39. The fourth-order valence-electron chi connectivity index (χ4n) is 1.67. The second kappa shape index (κ2) is 7.66. The third-order valence-electron chi connectivity index (χ3n) is 3.00. The van der Waals surface area contributed by atoms with Gasteiger partial charge in [-0.3, -0.25) is 4.79 Å². The Hall–Kier alpha value is -0.570. The zero-order chi connectivity index (χ0) is 12.6. The average Bonchev–Trinajstić information content (AvgIpc) is 2.17. The van der Waals surface area contributed by atoms with Crippen LogP contribution < -0.4 is 11.1 Å². The maximum absolute atomic E-state index is 10.8. The Morgan fingerprint density at radius 2 is 2.00 bits per heavy atom. The molecule has 0 spiro atoms. The molecule has 0 rings (SSSR count). The molecule has 0 aliphatic rings. The van der Waals surface area contributed by atoms with Crippen LogP contribution in [-0.2, 0) is 4.79 Å². The van der Waals surface area contributed by atoms with Crippen molar-refractivity contribution in [3.8, 4) is 0 Å². The molecule has 0 aromatic rings. The molecule has 0 radical (unpaired) electrons. The summed E-state index contributed by atoms with van der Waals surface area (Å²) >= 11 is 0. The maximum Gasteiger partial charge on any atom is 0.221 e. The van der Waals surface area contributed by atoms with Crippen molar-refractivity contribution in [3.63, 3.8) is 0 Å². The lowest BCUT2D eigenvalue weighted by Crippen LogP contribution is -2.36. The van der Waals surface area contributed by atoms with Gasteiger partial charge in [0.2, 0.25) is 5.91 Å². The van der Waals surface area contributed by atoms with E-state index in [9.17, 15) is 4.79 Å². The summed E-state index contributed by atoms with van der Waals surface area (Å²) in [6.45, 7) is 10.3. The van der Waals surface area contributed by atoms with Crippen molar-refractivity contribution in [2.24, 2.45) is 17.1 Å². The number of hydrogen-bond donors (Lipinski definition) is 2. The minimum absolute atomic E-state index is 0.0774. The minimum Gasteiger partial charge on any atom is -0.369 e. The van der Waals surface area contributed by atoms with Crippen molar-refractivity contribution in [2.45, 2.75) is 53.4 Å². The van der Waals surface area contributed by atoms with E-state index in [1.165, 1.54) is 25.7 Å². The Balaban J connectivity index is 3.68. The number of amides is 1. The number of rotatable bonds is 9. The molecule has 1 atom stereocenters. The molecular formula is C13H28N2O. The van der Waals surface area contributed by atoms with Crippen molar-refractivity contribution in [1.29, 1.82) is 0 Å². The Morgan fingerprint density at radius 1 is 1.38 bits per heavy atom. The Bertz CT molecular complexity index is 202. The molecule has 1 amide bonds. The number of carbonyl (C=O) groups excluding carboxylic acids is 1. The molecule has 3 heteroatoms. The van der Waals surface area contributed by atoms with Crippen molar-refractivity contribution in [3.05, 3.63) is 0 Å². The lowest BCUT2D eigenvalue weighted by molar-refractivity contribution is -0.121. The standard InChI is InChI=1S/C13H28N2O/c1-5-6-7-8-13(3,4)10-15-9-11(2)12(14)16/h11,15H,5-10H2,1-4H3,(H2,14,16). The van der Waals surface area contributed by atoms with E-state index in [1.807, 2.05) is 6.92 Å². The largest absolute Gasteiger partial charge is 0.369 e. The molecule has 1 unspecified atom stereocenters. The van der Waals surface area contributed by atoms with Crippen molar-refractivity contribution >= 4 is 5.91 Å². The first-order valence-corrected chi connectivity index (χ1v) is 6.39. The van der Waals surface area contributed by atoms with Gasteiger partial charge in [0.15, 0.2) is 0 Å². The van der Waals surface area contributed by atoms with Gasteiger partial charge in [0, 0.05) is 19.0 Å². The van der Waals surface area contributed by atoms with E-state index in [4.69, 9.17) is 5.73 Å². The molecule has 96 valence electrons. The van der Waals surface area contributed by atoms with E-state index in [-0.39, 0.29) is 11.8 Å². The highest BCUT2D eigenvalue weighted by atomic mass is 16.1. The maximum atomic E-state index is 10.8. The number of carbonyl (C=O) groups is 1. The fourth-order valence-corrected chi connectivity index (χ4v) is 1.67. The van der Waals surface area contributed by atoms with Crippen LogP contribution >= 0.6 is 0 Å². The van der Waals surface area contributed by atoms with E-state index in [1.54, 1.807) is 0 Å². The van der Waals surface area contributed by atoms with Gasteiger partial charge in [-0.1, -0.05) is 47.0 Å². The first-order chi connectivity index (χ1) is 7.39. The van der Waals surface area contributed by atoms with Crippen molar-refractivity contribution in [2.75, 3.05) is 13.1 Å². The Kier molecular flexibility index (Phi) is 7.39. The van der Waals surface area contributed by atoms with Crippen LogP contribution in [0.1, 0.15) is 53.4 Å². The van der Waals surface area contributed by atoms with Crippen LogP contribution in [-0.4, -0.2) is 19.0 Å². The topological polar surface area (TPSA) is 55.1 Å². The van der Waals surface area contributed by atoms with Crippen LogP contribution in [0.15, 0.2) is 0 Å². The van der Waals surface area contributed by atoms with E-state index in [2.05, 4.69) is 26.1 Å². The molecule has 0 aliphatic heterocycles. The van der Waals surface area contributed by atoms with Gasteiger partial charge < -0.3 is 11.1 Å². The van der Waals surface area contributed by atoms with E-state index in [0.29, 0.717) is 12.0 Å². The number of nitrogens with one attached hydrogen (secondary N) is 1. The van der Waals surface area contributed by atoms with Gasteiger partial charge >= 0.3 is 0 Å². The lowest BCUT2D eigenvalue weighted by Gasteiger charge is -2.25. The molecule has 3 nitrogen and oxygen atoms in total.